The number of benzene rings is 2. The van der Waals surface area contributed by atoms with Gasteiger partial charge in [-0.3, -0.25) is 9.59 Å². The number of Topliss-reactive ketones (excluding diaryl/α,β-unsaturated/α-hetero) is 2. The average molecular weight is 359 g/mol. The van der Waals surface area contributed by atoms with Crippen molar-refractivity contribution in [1.29, 1.82) is 0 Å². The van der Waals surface area contributed by atoms with Gasteiger partial charge in [0.15, 0.2) is 11.6 Å². The standard InChI is InChI=1S/C19H19BrO2/c1-11-5-7-15(9-13(11)3)18(21)17(20)19(22)16-8-6-12(2)14(4)10-16/h5-10,17H,1-4H3. The van der Waals surface area contributed by atoms with Gasteiger partial charge in [-0.05, 0) is 62.1 Å². The van der Waals surface area contributed by atoms with E-state index in [-0.39, 0.29) is 11.6 Å². The molecule has 0 bridgehead atoms. The van der Waals surface area contributed by atoms with Crippen molar-refractivity contribution in [2.75, 3.05) is 0 Å². The lowest BCUT2D eigenvalue weighted by atomic mass is 9.97. The molecule has 0 fully saturated rings. The first-order valence-corrected chi connectivity index (χ1v) is 8.10. The van der Waals surface area contributed by atoms with Gasteiger partial charge in [-0.25, -0.2) is 0 Å². The van der Waals surface area contributed by atoms with E-state index in [0.29, 0.717) is 11.1 Å². The smallest absolute Gasteiger partial charge is 0.184 e. The highest BCUT2D eigenvalue weighted by molar-refractivity contribution is 9.10. The van der Waals surface area contributed by atoms with Crippen LogP contribution in [-0.2, 0) is 0 Å². The highest BCUT2D eigenvalue weighted by atomic mass is 79.9. The van der Waals surface area contributed by atoms with E-state index in [1.807, 2.05) is 52.0 Å². The van der Waals surface area contributed by atoms with Crippen LogP contribution in [0.1, 0.15) is 43.0 Å². The maximum Gasteiger partial charge on any atom is 0.184 e. The van der Waals surface area contributed by atoms with Crippen LogP contribution in [0.25, 0.3) is 0 Å². The van der Waals surface area contributed by atoms with E-state index in [9.17, 15) is 9.59 Å². The lowest BCUT2D eigenvalue weighted by Crippen LogP contribution is -2.24. The number of hydrogen-bond acceptors (Lipinski definition) is 2. The molecule has 0 aromatic heterocycles. The number of ketones is 2. The summed E-state index contributed by atoms with van der Waals surface area (Å²) in [7, 11) is 0. The van der Waals surface area contributed by atoms with Gasteiger partial charge in [-0.15, -0.1) is 0 Å². The number of halogens is 1. The van der Waals surface area contributed by atoms with Crippen molar-refractivity contribution in [3.63, 3.8) is 0 Å². The van der Waals surface area contributed by atoms with Gasteiger partial charge in [0.2, 0.25) is 0 Å². The van der Waals surface area contributed by atoms with Gasteiger partial charge >= 0.3 is 0 Å². The molecule has 0 saturated heterocycles. The Morgan fingerprint density at radius 2 is 1.09 bits per heavy atom. The summed E-state index contributed by atoms with van der Waals surface area (Å²) in [6.07, 6.45) is 0. The molecule has 0 spiro atoms. The largest absolute Gasteiger partial charge is 0.292 e. The third-order valence-electron chi connectivity index (χ3n) is 4.04. The van der Waals surface area contributed by atoms with E-state index in [0.717, 1.165) is 22.3 Å². The minimum atomic E-state index is -0.850. The number of alkyl halides is 1. The molecule has 0 heterocycles. The predicted molar refractivity (Wildman–Crippen MR) is 93.2 cm³/mol. The van der Waals surface area contributed by atoms with Crippen molar-refractivity contribution in [3.8, 4) is 0 Å². The van der Waals surface area contributed by atoms with Crippen molar-refractivity contribution >= 4 is 27.5 Å². The Labute approximate surface area is 139 Å². The molecule has 0 saturated carbocycles. The molecule has 0 radical (unpaired) electrons. The molecule has 2 aromatic carbocycles. The first-order valence-electron chi connectivity index (χ1n) is 7.18. The monoisotopic (exact) mass is 358 g/mol. The molecule has 2 rings (SSSR count). The fourth-order valence-corrected chi connectivity index (χ4v) is 2.73. The van der Waals surface area contributed by atoms with Crippen LogP contribution in [-0.4, -0.2) is 16.4 Å². The summed E-state index contributed by atoms with van der Waals surface area (Å²) in [5, 5.41) is 0. The van der Waals surface area contributed by atoms with E-state index in [1.165, 1.54) is 0 Å². The number of aryl methyl sites for hydroxylation is 4. The van der Waals surface area contributed by atoms with Crippen molar-refractivity contribution < 1.29 is 9.59 Å². The van der Waals surface area contributed by atoms with E-state index in [2.05, 4.69) is 15.9 Å². The van der Waals surface area contributed by atoms with Gasteiger partial charge in [-0.2, -0.15) is 0 Å². The minimum absolute atomic E-state index is 0.202. The van der Waals surface area contributed by atoms with Crippen molar-refractivity contribution in [2.24, 2.45) is 0 Å². The zero-order chi connectivity index (χ0) is 16.4. The molecule has 22 heavy (non-hydrogen) atoms. The molecular formula is C19H19BrO2. The lowest BCUT2D eigenvalue weighted by molar-refractivity contribution is 0.0906. The molecule has 0 aliphatic heterocycles. The Balaban J connectivity index is 2.27. The van der Waals surface area contributed by atoms with Crippen LogP contribution in [0.2, 0.25) is 0 Å². The fraction of sp³-hybridized carbons (Fsp3) is 0.263. The van der Waals surface area contributed by atoms with Crippen molar-refractivity contribution in [1.82, 2.24) is 0 Å². The highest BCUT2D eigenvalue weighted by Gasteiger charge is 2.26. The maximum absolute atomic E-state index is 12.5. The van der Waals surface area contributed by atoms with Gasteiger partial charge in [0.25, 0.3) is 0 Å². The van der Waals surface area contributed by atoms with Gasteiger partial charge in [0.05, 0.1) is 0 Å². The number of carbonyl (C=O) groups excluding carboxylic acids is 2. The SMILES string of the molecule is Cc1ccc(C(=O)C(Br)C(=O)c2ccc(C)c(C)c2)cc1C. The van der Waals surface area contributed by atoms with Gasteiger partial charge in [-0.1, -0.05) is 40.2 Å². The van der Waals surface area contributed by atoms with Gasteiger partial charge < -0.3 is 0 Å². The van der Waals surface area contributed by atoms with E-state index in [1.54, 1.807) is 12.1 Å². The Hall–Kier alpha value is -1.74. The summed E-state index contributed by atoms with van der Waals surface area (Å²) in [4.78, 5) is 24.2. The molecule has 0 amide bonds. The topological polar surface area (TPSA) is 34.1 Å². The number of carbonyl (C=O) groups is 2. The second kappa shape index (κ2) is 6.57. The molecule has 0 atom stereocenters. The molecule has 0 N–H and O–H groups in total. The molecule has 0 unspecified atom stereocenters. The summed E-state index contributed by atoms with van der Waals surface area (Å²) in [5.41, 5.74) is 5.46. The molecule has 0 aliphatic carbocycles. The van der Waals surface area contributed by atoms with Gasteiger partial charge in [0.1, 0.15) is 4.83 Å². The van der Waals surface area contributed by atoms with E-state index in [4.69, 9.17) is 0 Å². The first-order chi connectivity index (χ1) is 10.3. The maximum atomic E-state index is 12.5. The van der Waals surface area contributed by atoms with Crippen LogP contribution in [0.15, 0.2) is 36.4 Å². The van der Waals surface area contributed by atoms with Crippen molar-refractivity contribution in [3.05, 3.63) is 69.8 Å². The zero-order valence-corrected chi connectivity index (χ0v) is 14.8. The Kier molecular flexibility index (Phi) is 4.97. The Morgan fingerprint density at radius 1 is 0.727 bits per heavy atom. The normalized spacial score (nSPS) is 10.8. The minimum Gasteiger partial charge on any atom is -0.292 e. The van der Waals surface area contributed by atoms with Crippen LogP contribution in [0.4, 0.5) is 0 Å². The summed E-state index contributed by atoms with van der Waals surface area (Å²) in [6, 6.07) is 11.0. The highest BCUT2D eigenvalue weighted by Crippen LogP contribution is 2.19. The zero-order valence-electron chi connectivity index (χ0n) is 13.2. The Morgan fingerprint density at radius 3 is 1.41 bits per heavy atom. The van der Waals surface area contributed by atoms with Crippen LogP contribution in [0.5, 0.6) is 0 Å². The van der Waals surface area contributed by atoms with Crippen LogP contribution in [0.3, 0.4) is 0 Å². The molecular weight excluding hydrogens is 340 g/mol. The quantitative estimate of drug-likeness (QED) is 0.449. The third kappa shape index (κ3) is 3.36. The van der Waals surface area contributed by atoms with Crippen LogP contribution < -0.4 is 0 Å². The molecule has 2 nitrogen and oxygen atoms in total. The first kappa shape index (κ1) is 16.6. The second-order valence-electron chi connectivity index (χ2n) is 5.69. The van der Waals surface area contributed by atoms with E-state index >= 15 is 0 Å². The Bertz CT molecular complexity index is 684. The molecule has 0 aliphatic rings. The van der Waals surface area contributed by atoms with E-state index < -0.39 is 4.83 Å². The predicted octanol–water partition coefficient (Wildman–Crippen LogP) is 4.75. The molecule has 2 aromatic rings. The summed E-state index contributed by atoms with van der Waals surface area (Å²) in [5.74, 6) is -0.405. The summed E-state index contributed by atoms with van der Waals surface area (Å²) >= 11 is 3.27. The second-order valence-corrected chi connectivity index (χ2v) is 6.60. The van der Waals surface area contributed by atoms with Crippen LogP contribution in [0, 0.1) is 27.7 Å². The van der Waals surface area contributed by atoms with Gasteiger partial charge in [0, 0.05) is 11.1 Å². The summed E-state index contributed by atoms with van der Waals surface area (Å²) < 4.78 is 0. The lowest BCUT2D eigenvalue weighted by Gasteiger charge is -2.11. The van der Waals surface area contributed by atoms with Crippen LogP contribution >= 0.6 is 15.9 Å². The number of rotatable bonds is 4. The fourth-order valence-electron chi connectivity index (χ4n) is 2.20. The summed E-state index contributed by atoms with van der Waals surface area (Å²) in [6.45, 7) is 7.91. The third-order valence-corrected chi connectivity index (χ3v) is 4.87. The molecule has 114 valence electrons. The molecule has 3 heteroatoms. The average Bonchev–Trinajstić information content (AvgIpc) is 2.50. The number of hydrogen-bond donors (Lipinski definition) is 0. The van der Waals surface area contributed by atoms with Crippen molar-refractivity contribution in [2.45, 2.75) is 32.5 Å².